The second kappa shape index (κ2) is 13.1. The van der Waals surface area contributed by atoms with Crippen LogP contribution >= 0.6 is 0 Å². The Kier molecular flexibility index (Phi) is 8.91. The lowest BCUT2D eigenvalue weighted by Gasteiger charge is -2.36. The Bertz CT molecular complexity index is 1520. The van der Waals surface area contributed by atoms with Gasteiger partial charge >= 0.3 is 0 Å². The van der Waals surface area contributed by atoms with Gasteiger partial charge in [0.15, 0.2) is 5.82 Å². The summed E-state index contributed by atoms with van der Waals surface area (Å²) in [6, 6.07) is 24.2. The molecule has 3 aromatic carbocycles. The Morgan fingerprint density at radius 3 is 2.19 bits per heavy atom. The number of rotatable bonds is 9. The lowest BCUT2D eigenvalue weighted by molar-refractivity contribution is -0.132. The molecule has 0 aliphatic carbocycles. The molecule has 0 unspecified atom stereocenters. The van der Waals surface area contributed by atoms with Crippen LogP contribution in [0.3, 0.4) is 0 Å². The zero-order chi connectivity index (χ0) is 29.5. The molecule has 1 aliphatic heterocycles. The molecule has 0 saturated carbocycles. The third-order valence-electron chi connectivity index (χ3n) is 7.19. The van der Waals surface area contributed by atoms with E-state index in [9.17, 15) is 14.0 Å². The SMILES string of the molecule is COc1cccc(C(=O)N(CC(=O)N2CCN(c3ccc(-c4cccc(OC)c4)nn3)CC2)Cc2ccc(F)cc2)c1. The van der Waals surface area contributed by atoms with Gasteiger partial charge in [0, 0.05) is 43.9 Å². The van der Waals surface area contributed by atoms with Gasteiger partial charge in [0.1, 0.15) is 23.9 Å². The van der Waals surface area contributed by atoms with Crippen LogP contribution in [-0.2, 0) is 11.3 Å². The zero-order valence-corrected chi connectivity index (χ0v) is 23.6. The second-order valence-corrected chi connectivity index (χ2v) is 9.90. The number of piperazine rings is 1. The van der Waals surface area contributed by atoms with Crippen LogP contribution < -0.4 is 14.4 Å². The standard InChI is InChI=1S/C32H32FN5O4/c1-41-27-7-3-5-24(19-27)29-13-14-30(35-34-29)36-15-17-37(18-16-36)31(39)22-38(21-23-9-11-26(33)12-10-23)32(40)25-6-4-8-28(20-25)42-2/h3-14,19-20H,15-18,21-22H2,1-2H3. The van der Waals surface area contributed by atoms with Gasteiger partial charge in [-0.25, -0.2) is 4.39 Å². The van der Waals surface area contributed by atoms with Gasteiger partial charge < -0.3 is 24.2 Å². The van der Waals surface area contributed by atoms with Crippen molar-refractivity contribution in [3.8, 4) is 22.8 Å². The van der Waals surface area contributed by atoms with Crippen molar-refractivity contribution in [3.63, 3.8) is 0 Å². The minimum Gasteiger partial charge on any atom is -0.497 e. The highest BCUT2D eigenvalue weighted by atomic mass is 19.1. The first-order valence-electron chi connectivity index (χ1n) is 13.6. The first kappa shape index (κ1) is 28.5. The average molecular weight is 570 g/mol. The van der Waals surface area contributed by atoms with Crippen molar-refractivity contribution in [1.29, 1.82) is 0 Å². The molecule has 4 aromatic rings. The summed E-state index contributed by atoms with van der Waals surface area (Å²) in [4.78, 5) is 32.2. The molecule has 0 N–H and O–H groups in total. The first-order chi connectivity index (χ1) is 20.4. The zero-order valence-electron chi connectivity index (χ0n) is 23.6. The number of benzene rings is 3. The van der Waals surface area contributed by atoms with Crippen molar-refractivity contribution >= 4 is 17.6 Å². The number of hydrogen-bond donors (Lipinski definition) is 0. The van der Waals surface area contributed by atoms with E-state index in [0.717, 1.165) is 28.4 Å². The first-order valence-corrected chi connectivity index (χ1v) is 13.6. The smallest absolute Gasteiger partial charge is 0.254 e. The summed E-state index contributed by atoms with van der Waals surface area (Å²) < 4.78 is 24.1. The molecule has 1 fully saturated rings. The Morgan fingerprint density at radius 2 is 1.52 bits per heavy atom. The molecule has 10 heteroatoms. The predicted molar refractivity (Wildman–Crippen MR) is 157 cm³/mol. The molecule has 2 heterocycles. The van der Waals surface area contributed by atoms with Crippen molar-refractivity contribution in [2.75, 3.05) is 51.8 Å². The largest absolute Gasteiger partial charge is 0.497 e. The quantitative estimate of drug-likeness (QED) is 0.297. The van der Waals surface area contributed by atoms with Crippen molar-refractivity contribution in [2.45, 2.75) is 6.54 Å². The third kappa shape index (κ3) is 6.83. The molecule has 1 aliphatic rings. The number of methoxy groups -OCH3 is 2. The van der Waals surface area contributed by atoms with Crippen LogP contribution in [0.25, 0.3) is 11.3 Å². The lowest BCUT2D eigenvalue weighted by atomic mass is 10.1. The number of halogens is 1. The number of amides is 2. The number of carbonyl (C=O) groups excluding carboxylic acids is 2. The van der Waals surface area contributed by atoms with E-state index in [2.05, 4.69) is 15.1 Å². The van der Waals surface area contributed by atoms with Crippen molar-refractivity contribution in [1.82, 2.24) is 20.0 Å². The van der Waals surface area contributed by atoms with Crippen LogP contribution in [0.15, 0.2) is 84.9 Å². The summed E-state index contributed by atoms with van der Waals surface area (Å²) >= 11 is 0. The number of aromatic nitrogens is 2. The number of anilines is 1. The summed E-state index contributed by atoms with van der Waals surface area (Å²) in [6.45, 7) is 2.19. The highest BCUT2D eigenvalue weighted by molar-refractivity contribution is 5.96. The van der Waals surface area contributed by atoms with E-state index in [1.165, 1.54) is 24.1 Å². The van der Waals surface area contributed by atoms with Crippen LogP contribution in [0, 0.1) is 5.82 Å². The molecule has 0 bridgehead atoms. The Morgan fingerprint density at radius 1 is 0.833 bits per heavy atom. The molecular formula is C32H32FN5O4. The molecule has 1 aromatic heterocycles. The lowest BCUT2D eigenvalue weighted by Crippen LogP contribution is -2.52. The van der Waals surface area contributed by atoms with Crippen molar-refractivity contribution in [3.05, 3.63) is 102 Å². The molecule has 0 atom stereocenters. The topological polar surface area (TPSA) is 88.1 Å². The maximum absolute atomic E-state index is 13.5. The van der Waals surface area contributed by atoms with Gasteiger partial charge in [0.25, 0.3) is 5.91 Å². The highest BCUT2D eigenvalue weighted by Crippen LogP contribution is 2.23. The predicted octanol–water partition coefficient (Wildman–Crippen LogP) is 4.29. The Labute approximate surface area is 244 Å². The number of ether oxygens (including phenoxy) is 2. The molecule has 0 spiro atoms. The number of carbonyl (C=O) groups is 2. The van der Waals surface area contributed by atoms with Crippen LogP contribution in [-0.4, -0.2) is 78.8 Å². The van der Waals surface area contributed by atoms with E-state index in [0.29, 0.717) is 37.5 Å². The van der Waals surface area contributed by atoms with Gasteiger partial charge in [-0.15, -0.1) is 10.2 Å². The molecule has 5 rings (SSSR count). The molecule has 2 amide bonds. The van der Waals surface area contributed by atoms with E-state index in [-0.39, 0.29) is 30.7 Å². The minimum atomic E-state index is -0.363. The number of hydrogen-bond acceptors (Lipinski definition) is 7. The van der Waals surface area contributed by atoms with E-state index < -0.39 is 0 Å². The van der Waals surface area contributed by atoms with Gasteiger partial charge in [-0.3, -0.25) is 9.59 Å². The molecule has 1 saturated heterocycles. The van der Waals surface area contributed by atoms with Crippen LogP contribution in [0.2, 0.25) is 0 Å². The molecule has 42 heavy (non-hydrogen) atoms. The average Bonchev–Trinajstić information content (AvgIpc) is 3.05. The fraction of sp³-hybridized carbons (Fsp3) is 0.250. The van der Waals surface area contributed by atoms with Gasteiger partial charge in [-0.2, -0.15) is 0 Å². The Hall–Kier alpha value is -4.99. The molecular weight excluding hydrogens is 537 g/mol. The van der Waals surface area contributed by atoms with E-state index in [1.807, 2.05) is 36.4 Å². The van der Waals surface area contributed by atoms with E-state index in [4.69, 9.17) is 9.47 Å². The second-order valence-electron chi connectivity index (χ2n) is 9.90. The van der Waals surface area contributed by atoms with Crippen LogP contribution in [0.5, 0.6) is 11.5 Å². The number of nitrogens with zero attached hydrogens (tertiary/aromatic N) is 5. The molecule has 0 radical (unpaired) electrons. The minimum absolute atomic E-state index is 0.109. The van der Waals surface area contributed by atoms with Crippen LogP contribution in [0.4, 0.5) is 10.2 Å². The van der Waals surface area contributed by atoms with Crippen LogP contribution in [0.1, 0.15) is 15.9 Å². The summed E-state index contributed by atoms with van der Waals surface area (Å²) in [5, 5.41) is 8.81. The van der Waals surface area contributed by atoms with Gasteiger partial charge in [-0.1, -0.05) is 30.3 Å². The fourth-order valence-electron chi connectivity index (χ4n) is 4.83. The van der Waals surface area contributed by atoms with Crippen molar-refractivity contribution in [2.24, 2.45) is 0 Å². The van der Waals surface area contributed by atoms with Gasteiger partial charge in [-0.05, 0) is 60.2 Å². The third-order valence-corrected chi connectivity index (χ3v) is 7.19. The summed E-state index contributed by atoms with van der Waals surface area (Å²) in [5.74, 6) is 1.20. The monoisotopic (exact) mass is 569 g/mol. The Balaban J connectivity index is 1.23. The summed E-state index contributed by atoms with van der Waals surface area (Å²) in [5.41, 5.74) is 2.79. The van der Waals surface area contributed by atoms with Gasteiger partial charge in [0.05, 0.1) is 19.9 Å². The van der Waals surface area contributed by atoms with Crippen molar-refractivity contribution < 1.29 is 23.5 Å². The summed E-state index contributed by atoms with van der Waals surface area (Å²) in [7, 11) is 3.16. The highest BCUT2D eigenvalue weighted by Gasteiger charge is 2.26. The summed E-state index contributed by atoms with van der Waals surface area (Å²) in [6.07, 6.45) is 0. The maximum atomic E-state index is 13.5. The fourth-order valence-corrected chi connectivity index (χ4v) is 4.83. The van der Waals surface area contributed by atoms with E-state index >= 15 is 0 Å². The maximum Gasteiger partial charge on any atom is 0.254 e. The normalized spacial score (nSPS) is 13.0. The van der Waals surface area contributed by atoms with E-state index in [1.54, 1.807) is 48.4 Å². The van der Waals surface area contributed by atoms with Gasteiger partial charge in [0.2, 0.25) is 5.91 Å². The molecule has 216 valence electrons. The molecule has 9 nitrogen and oxygen atoms in total.